The minimum absolute atomic E-state index is 0.0999. The Morgan fingerprint density at radius 2 is 1.76 bits per heavy atom. The number of carbonyl (C=O) groups is 1. The largest absolute Gasteiger partial charge is 0.326 e. The van der Waals surface area contributed by atoms with Crippen LogP contribution in [0.1, 0.15) is 6.92 Å². The number of sulfonamides is 1. The van der Waals surface area contributed by atoms with Crippen LogP contribution in [0.25, 0.3) is 0 Å². The van der Waals surface area contributed by atoms with Crippen molar-refractivity contribution in [3.05, 3.63) is 54.6 Å². The summed E-state index contributed by atoms with van der Waals surface area (Å²) in [5, 5.41) is 5.95. The van der Waals surface area contributed by atoms with E-state index in [4.69, 9.17) is 0 Å². The van der Waals surface area contributed by atoms with Gasteiger partial charge in [0.25, 0.3) is 10.0 Å². The summed E-state index contributed by atoms with van der Waals surface area (Å²) in [6.07, 6.45) is 0. The molecular weight excluding hydrogens is 338 g/mol. The van der Waals surface area contributed by atoms with Gasteiger partial charge in [-0.05, 0) is 49.3 Å². The molecule has 2 aromatic carbocycles. The highest BCUT2D eigenvalue weighted by Crippen LogP contribution is 2.21. The zero-order valence-electron chi connectivity index (χ0n) is 13.9. The van der Waals surface area contributed by atoms with Crippen molar-refractivity contribution in [2.75, 3.05) is 23.1 Å². The lowest BCUT2D eigenvalue weighted by Crippen LogP contribution is -2.48. The lowest BCUT2D eigenvalue weighted by atomic mass is 9.88. The van der Waals surface area contributed by atoms with Crippen LogP contribution >= 0.6 is 0 Å². The van der Waals surface area contributed by atoms with Crippen LogP contribution in [0.4, 0.5) is 11.4 Å². The minimum Gasteiger partial charge on any atom is -0.326 e. The van der Waals surface area contributed by atoms with E-state index in [1.165, 1.54) is 12.1 Å². The number of hydrogen-bond donors (Lipinski definition) is 3. The van der Waals surface area contributed by atoms with Gasteiger partial charge >= 0.3 is 0 Å². The van der Waals surface area contributed by atoms with Gasteiger partial charge in [-0.2, -0.15) is 0 Å². The van der Waals surface area contributed by atoms with E-state index in [1.807, 2.05) is 13.0 Å². The van der Waals surface area contributed by atoms with E-state index in [1.54, 1.807) is 36.4 Å². The Morgan fingerprint density at radius 3 is 2.40 bits per heavy atom. The van der Waals surface area contributed by atoms with Gasteiger partial charge in [-0.3, -0.25) is 9.52 Å². The second-order valence-electron chi connectivity index (χ2n) is 6.20. The first kappa shape index (κ1) is 17.4. The highest BCUT2D eigenvalue weighted by Gasteiger charge is 2.28. The van der Waals surface area contributed by atoms with Crippen molar-refractivity contribution in [2.45, 2.75) is 11.8 Å². The molecule has 0 aliphatic carbocycles. The molecule has 3 rings (SSSR count). The van der Waals surface area contributed by atoms with Gasteiger partial charge in [-0.15, -0.1) is 0 Å². The summed E-state index contributed by atoms with van der Waals surface area (Å²) in [6.45, 7) is 3.56. The highest BCUT2D eigenvalue weighted by atomic mass is 32.2. The molecule has 0 aromatic heterocycles. The molecule has 1 aliphatic heterocycles. The van der Waals surface area contributed by atoms with Crippen LogP contribution in [0.3, 0.4) is 0 Å². The molecule has 1 saturated heterocycles. The molecule has 0 bridgehead atoms. The normalized spacial score (nSPS) is 15.9. The maximum absolute atomic E-state index is 12.5. The Labute approximate surface area is 147 Å². The van der Waals surface area contributed by atoms with Crippen LogP contribution in [0.15, 0.2) is 59.5 Å². The van der Waals surface area contributed by atoms with Gasteiger partial charge in [0.2, 0.25) is 5.91 Å². The minimum atomic E-state index is -3.71. The van der Waals surface area contributed by atoms with E-state index in [-0.39, 0.29) is 16.7 Å². The molecule has 25 heavy (non-hydrogen) atoms. The molecular formula is C18H21N3O3S. The summed E-state index contributed by atoms with van der Waals surface area (Å²) >= 11 is 0. The molecule has 1 aliphatic rings. The van der Waals surface area contributed by atoms with Crippen molar-refractivity contribution >= 4 is 27.3 Å². The maximum Gasteiger partial charge on any atom is 0.261 e. The third-order valence-corrected chi connectivity index (χ3v) is 5.75. The van der Waals surface area contributed by atoms with Crippen LogP contribution < -0.4 is 15.4 Å². The average molecular weight is 359 g/mol. The molecule has 0 spiro atoms. The maximum atomic E-state index is 12.5. The standard InChI is InChI=1S/C18H21N3O3S/c1-13(14-11-19-12-14)18(22)20-16-8-5-9-17(10-16)25(23,24)21-15-6-3-2-4-7-15/h2-10,13-14,19,21H,11-12H2,1H3,(H,20,22). The van der Waals surface area contributed by atoms with Crippen LogP contribution in [-0.2, 0) is 14.8 Å². The fourth-order valence-corrected chi connectivity index (χ4v) is 3.70. The van der Waals surface area contributed by atoms with Gasteiger partial charge < -0.3 is 10.6 Å². The Morgan fingerprint density at radius 1 is 1.08 bits per heavy atom. The van der Waals surface area contributed by atoms with Gasteiger partial charge in [-0.25, -0.2) is 8.42 Å². The third kappa shape index (κ3) is 4.18. The van der Waals surface area contributed by atoms with E-state index in [0.29, 0.717) is 17.3 Å². The van der Waals surface area contributed by atoms with Crippen molar-refractivity contribution < 1.29 is 13.2 Å². The SMILES string of the molecule is CC(C(=O)Nc1cccc(S(=O)(=O)Nc2ccccc2)c1)C1CNC1. The average Bonchev–Trinajstić information content (AvgIpc) is 2.54. The first-order valence-electron chi connectivity index (χ1n) is 8.15. The van der Waals surface area contributed by atoms with E-state index < -0.39 is 10.0 Å². The quantitative estimate of drug-likeness (QED) is 0.738. The van der Waals surface area contributed by atoms with Crippen molar-refractivity contribution in [1.29, 1.82) is 0 Å². The monoisotopic (exact) mass is 359 g/mol. The van der Waals surface area contributed by atoms with Gasteiger partial charge in [0.15, 0.2) is 0 Å². The smallest absolute Gasteiger partial charge is 0.261 e. The number of rotatable bonds is 6. The second kappa shape index (κ2) is 7.25. The molecule has 3 N–H and O–H groups in total. The molecule has 1 atom stereocenters. The number of hydrogen-bond acceptors (Lipinski definition) is 4. The van der Waals surface area contributed by atoms with Gasteiger partial charge in [0, 0.05) is 17.3 Å². The molecule has 1 unspecified atom stereocenters. The lowest BCUT2D eigenvalue weighted by Gasteiger charge is -2.31. The zero-order chi connectivity index (χ0) is 17.9. The van der Waals surface area contributed by atoms with Gasteiger partial charge in [0.05, 0.1) is 4.90 Å². The number of benzene rings is 2. The number of carbonyl (C=O) groups excluding carboxylic acids is 1. The van der Waals surface area contributed by atoms with Gasteiger partial charge in [-0.1, -0.05) is 31.2 Å². The lowest BCUT2D eigenvalue weighted by molar-refractivity contribution is -0.121. The summed E-state index contributed by atoms with van der Waals surface area (Å²) < 4.78 is 27.5. The molecule has 1 fully saturated rings. The molecule has 7 heteroatoms. The van der Waals surface area contributed by atoms with Gasteiger partial charge in [0.1, 0.15) is 0 Å². The number of para-hydroxylation sites is 1. The number of amides is 1. The summed E-state index contributed by atoms with van der Waals surface area (Å²) in [5.41, 5.74) is 0.961. The van der Waals surface area contributed by atoms with Crippen LogP contribution in [0.5, 0.6) is 0 Å². The fourth-order valence-electron chi connectivity index (χ4n) is 2.60. The van der Waals surface area contributed by atoms with Crippen molar-refractivity contribution in [3.8, 4) is 0 Å². The summed E-state index contributed by atoms with van der Waals surface area (Å²) in [5.74, 6) is 0.104. The predicted octanol–water partition coefficient (Wildman–Crippen LogP) is 2.28. The first-order valence-corrected chi connectivity index (χ1v) is 9.63. The number of anilines is 2. The first-order chi connectivity index (χ1) is 12.0. The molecule has 0 saturated carbocycles. The van der Waals surface area contributed by atoms with Crippen LogP contribution in [0.2, 0.25) is 0 Å². The molecule has 1 heterocycles. The Hall–Kier alpha value is -2.38. The number of nitrogens with one attached hydrogen (secondary N) is 3. The Balaban J connectivity index is 1.73. The fraction of sp³-hybridized carbons (Fsp3) is 0.278. The molecule has 132 valence electrons. The summed E-state index contributed by atoms with van der Waals surface area (Å²) in [7, 11) is -3.71. The molecule has 6 nitrogen and oxygen atoms in total. The molecule has 2 aromatic rings. The van der Waals surface area contributed by atoms with E-state index in [9.17, 15) is 13.2 Å². The predicted molar refractivity (Wildman–Crippen MR) is 97.8 cm³/mol. The van der Waals surface area contributed by atoms with Crippen molar-refractivity contribution in [1.82, 2.24) is 5.32 Å². The van der Waals surface area contributed by atoms with E-state index in [0.717, 1.165) is 13.1 Å². The van der Waals surface area contributed by atoms with Crippen molar-refractivity contribution in [3.63, 3.8) is 0 Å². The zero-order valence-corrected chi connectivity index (χ0v) is 14.7. The van der Waals surface area contributed by atoms with E-state index in [2.05, 4.69) is 15.4 Å². The van der Waals surface area contributed by atoms with Crippen molar-refractivity contribution in [2.24, 2.45) is 11.8 Å². The molecule has 0 radical (unpaired) electrons. The third-order valence-electron chi connectivity index (χ3n) is 4.37. The summed E-state index contributed by atoms with van der Waals surface area (Å²) in [6, 6.07) is 14.9. The second-order valence-corrected chi connectivity index (χ2v) is 7.88. The topological polar surface area (TPSA) is 87.3 Å². The Kier molecular flexibility index (Phi) is 5.06. The summed E-state index contributed by atoms with van der Waals surface area (Å²) in [4.78, 5) is 12.4. The Bertz CT molecular complexity index is 849. The van der Waals surface area contributed by atoms with Crippen LogP contribution in [0, 0.1) is 11.8 Å². The highest BCUT2D eigenvalue weighted by molar-refractivity contribution is 7.92. The van der Waals surface area contributed by atoms with E-state index >= 15 is 0 Å². The molecule has 1 amide bonds. The van der Waals surface area contributed by atoms with Crippen LogP contribution in [-0.4, -0.2) is 27.4 Å².